The molecule has 25 heavy (non-hydrogen) atoms. The van der Waals surface area contributed by atoms with Crippen molar-refractivity contribution in [2.24, 2.45) is 0 Å². The van der Waals surface area contributed by atoms with Crippen LogP contribution >= 0.6 is 0 Å². The van der Waals surface area contributed by atoms with Crippen molar-refractivity contribution in [3.8, 4) is 11.5 Å². The van der Waals surface area contributed by atoms with Crippen LogP contribution in [0.4, 0.5) is 0 Å². The summed E-state index contributed by atoms with van der Waals surface area (Å²) in [6.07, 6.45) is 4.76. The third-order valence-corrected chi connectivity index (χ3v) is 5.24. The minimum Gasteiger partial charge on any atom is -0.493 e. The second-order valence-corrected chi connectivity index (χ2v) is 6.71. The molecule has 6 nitrogen and oxygen atoms in total. The minimum absolute atomic E-state index is 0.117. The van der Waals surface area contributed by atoms with Gasteiger partial charge in [-0.2, -0.15) is 0 Å². The highest BCUT2D eigenvalue weighted by molar-refractivity contribution is 5.89. The molecule has 1 aliphatic heterocycles. The molecule has 1 aromatic carbocycles. The summed E-state index contributed by atoms with van der Waals surface area (Å²) >= 11 is 0. The van der Waals surface area contributed by atoms with Gasteiger partial charge in [-0.25, -0.2) is 4.79 Å². The van der Waals surface area contributed by atoms with E-state index in [-0.39, 0.29) is 24.3 Å². The van der Waals surface area contributed by atoms with Crippen LogP contribution in [-0.4, -0.2) is 47.7 Å². The van der Waals surface area contributed by atoms with Crippen molar-refractivity contribution >= 4 is 11.9 Å². The van der Waals surface area contributed by atoms with E-state index in [0.29, 0.717) is 18.0 Å². The Kier molecular flexibility index (Phi) is 5.16. The molecule has 1 aromatic rings. The molecule has 0 unspecified atom stereocenters. The maximum atomic E-state index is 12.2. The summed E-state index contributed by atoms with van der Waals surface area (Å²) in [6.45, 7) is 2.20. The molecule has 0 aromatic heterocycles. The number of benzene rings is 1. The van der Waals surface area contributed by atoms with Crippen molar-refractivity contribution in [2.75, 3.05) is 13.7 Å². The number of likely N-dealkylation sites (N-methyl/N-ethyl adjacent to an activating group) is 1. The van der Waals surface area contributed by atoms with Gasteiger partial charge >= 0.3 is 5.97 Å². The number of carbonyl (C=O) groups is 2. The number of nitrogens with zero attached hydrogens (tertiary/aromatic N) is 1. The smallest absolute Gasteiger partial charge is 0.327 e. The van der Waals surface area contributed by atoms with Crippen molar-refractivity contribution in [3.63, 3.8) is 0 Å². The quantitative estimate of drug-likeness (QED) is 0.856. The third kappa shape index (κ3) is 3.43. The van der Waals surface area contributed by atoms with Gasteiger partial charge in [-0.05, 0) is 50.3 Å². The maximum Gasteiger partial charge on any atom is 0.327 e. The fourth-order valence-corrected chi connectivity index (χ4v) is 3.97. The average Bonchev–Trinajstić information content (AvgIpc) is 3.21. The highest BCUT2D eigenvalue weighted by Gasteiger charge is 2.44. The van der Waals surface area contributed by atoms with Gasteiger partial charge in [-0.3, -0.25) is 4.79 Å². The zero-order valence-electron chi connectivity index (χ0n) is 14.7. The van der Waals surface area contributed by atoms with E-state index in [1.54, 1.807) is 20.1 Å². The van der Waals surface area contributed by atoms with E-state index in [4.69, 9.17) is 9.47 Å². The second kappa shape index (κ2) is 7.33. The van der Waals surface area contributed by atoms with E-state index in [9.17, 15) is 14.7 Å². The van der Waals surface area contributed by atoms with E-state index in [0.717, 1.165) is 31.2 Å². The van der Waals surface area contributed by atoms with Crippen LogP contribution in [-0.2, 0) is 9.59 Å². The first kappa shape index (κ1) is 17.6. The molecule has 1 saturated heterocycles. The largest absolute Gasteiger partial charge is 0.493 e. The summed E-state index contributed by atoms with van der Waals surface area (Å²) in [4.78, 5) is 25.4. The van der Waals surface area contributed by atoms with Gasteiger partial charge in [0, 0.05) is 18.9 Å². The topological polar surface area (TPSA) is 76.1 Å². The molecule has 0 bridgehead atoms. The zero-order valence-corrected chi connectivity index (χ0v) is 14.7. The van der Waals surface area contributed by atoms with E-state index in [1.807, 2.05) is 12.1 Å². The monoisotopic (exact) mass is 347 g/mol. The lowest BCUT2D eigenvalue weighted by Gasteiger charge is -2.24. The fraction of sp³-hybridized carbons (Fsp3) is 0.579. The molecule has 1 saturated carbocycles. The average molecular weight is 347 g/mol. The van der Waals surface area contributed by atoms with Gasteiger partial charge < -0.3 is 19.5 Å². The zero-order chi connectivity index (χ0) is 18.0. The number of hydrogen-bond acceptors (Lipinski definition) is 4. The number of amides is 1. The van der Waals surface area contributed by atoms with E-state index in [1.165, 1.54) is 4.90 Å². The Morgan fingerprint density at radius 2 is 2.00 bits per heavy atom. The molecule has 1 aliphatic carbocycles. The summed E-state index contributed by atoms with van der Waals surface area (Å²) in [5, 5.41) is 9.61. The van der Waals surface area contributed by atoms with Crippen LogP contribution in [0.2, 0.25) is 0 Å². The Labute approximate surface area is 147 Å². The Morgan fingerprint density at radius 1 is 1.28 bits per heavy atom. The molecule has 0 spiro atoms. The highest BCUT2D eigenvalue weighted by Crippen LogP contribution is 2.39. The normalized spacial score (nSPS) is 23.9. The van der Waals surface area contributed by atoms with Gasteiger partial charge in [0.1, 0.15) is 6.04 Å². The molecular weight excluding hydrogens is 322 g/mol. The lowest BCUT2D eigenvalue weighted by atomic mass is 9.91. The number of methoxy groups -OCH3 is 1. The van der Waals surface area contributed by atoms with Crippen molar-refractivity contribution in [2.45, 2.75) is 57.1 Å². The first-order chi connectivity index (χ1) is 12.0. The standard InChI is InChI=1S/C19H25NO5/c1-3-20-17(21)11-14(18(20)19(22)23)12-8-9-15(24-2)16(10-12)25-13-6-4-5-7-13/h8-10,13-14,18H,3-7,11H2,1-2H3,(H,22,23)/t14-,18+/m0/s1. The Balaban J connectivity index is 1.90. The molecule has 1 heterocycles. The predicted molar refractivity (Wildman–Crippen MR) is 92.0 cm³/mol. The van der Waals surface area contributed by atoms with Gasteiger partial charge in [-0.1, -0.05) is 6.07 Å². The molecule has 2 aliphatic rings. The number of carboxylic acids is 1. The summed E-state index contributed by atoms with van der Waals surface area (Å²) in [7, 11) is 1.59. The number of carboxylic acid groups (broad SMARTS) is 1. The summed E-state index contributed by atoms with van der Waals surface area (Å²) in [5.41, 5.74) is 0.811. The fourth-order valence-electron chi connectivity index (χ4n) is 3.97. The Bertz CT molecular complexity index is 653. The van der Waals surface area contributed by atoms with Crippen molar-refractivity contribution in [1.82, 2.24) is 4.90 Å². The molecule has 2 fully saturated rings. The van der Waals surface area contributed by atoms with Crippen LogP contribution in [0, 0.1) is 0 Å². The first-order valence-electron chi connectivity index (χ1n) is 8.92. The van der Waals surface area contributed by atoms with Crippen molar-refractivity contribution in [1.29, 1.82) is 0 Å². The number of rotatable bonds is 6. The summed E-state index contributed by atoms with van der Waals surface area (Å²) in [5.74, 6) is -0.180. The van der Waals surface area contributed by atoms with Crippen LogP contribution in [0.1, 0.15) is 50.5 Å². The third-order valence-electron chi connectivity index (χ3n) is 5.24. The van der Waals surface area contributed by atoms with Gasteiger partial charge in [0.15, 0.2) is 11.5 Å². The molecule has 1 N–H and O–H groups in total. The number of carbonyl (C=O) groups excluding carboxylic acids is 1. The minimum atomic E-state index is -0.966. The number of aliphatic carboxylic acids is 1. The summed E-state index contributed by atoms with van der Waals surface area (Å²) < 4.78 is 11.5. The van der Waals surface area contributed by atoms with Crippen LogP contribution < -0.4 is 9.47 Å². The van der Waals surface area contributed by atoms with E-state index < -0.39 is 12.0 Å². The number of likely N-dealkylation sites (tertiary alicyclic amines) is 1. The Morgan fingerprint density at radius 3 is 2.60 bits per heavy atom. The molecule has 3 rings (SSSR count). The molecule has 6 heteroatoms. The van der Waals surface area contributed by atoms with Gasteiger partial charge in [0.05, 0.1) is 13.2 Å². The number of ether oxygens (including phenoxy) is 2. The Hall–Kier alpha value is -2.24. The molecular formula is C19H25NO5. The van der Waals surface area contributed by atoms with Crippen molar-refractivity contribution in [3.05, 3.63) is 23.8 Å². The van der Waals surface area contributed by atoms with Gasteiger partial charge in [-0.15, -0.1) is 0 Å². The molecule has 0 radical (unpaired) electrons. The van der Waals surface area contributed by atoms with Crippen LogP contribution in [0.15, 0.2) is 18.2 Å². The van der Waals surface area contributed by atoms with E-state index in [2.05, 4.69) is 0 Å². The van der Waals surface area contributed by atoms with Crippen LogP contribution in [0.25, 0.3) is 0 Å². The highest BCUT2D eigenvalue weighted by atomic mass is 16.5. The van der Waals surface area contributed by atoms with Gasteiger partial charge in [0.2, 0.25) is 5.91 Å². The predicted octanol–water partition coefficient (Wildman–Crippen LogP) is 2.81. The molecule has 136 valence electrons. The van der Waals surface area contributed by atoms with E-state index >= 15 is 0 Å². The lowest BCUT2D eigenvalue weighted by molar-refractivity contribution is -0.146. The number of hydrogen-bond donors (Lipinski definition) is 1. The summed E-state index contributed by atoms with van der Waals surface area (Å²) in [6, 6.07) is 4.67. The van der Waals surface area contributed by atoms with Crippen LogP contribution in [0.5, 0.6) is 11.5 Å². The maximum absolute atomic E-state index is 12.2. The lowest BCUT2D eigenvalue weighted by Crippen LogP contribution is -2.40. The van der Waals surface area contributed by atoms with Crippen molar-refractivity contribution < 1.29 is 24.2 Å². The van der Waals surface area contributed by atoms with Crippen LogP contribution in [0.3, 0.4) is 0 Å². The SMILES string of the molecule is CCN1C(=O)C[C@@H](c2ccc(OC)c(OC3CCCC3)c2)[C@@H]1C(=O)O. The second-order valence-electron chi connectivity index (χ2n) is 6.71. The van der Waals surface area contributed by atoms with Gasteiger partial charge in [0.25, 0.3) is 0 Å². The molecule has 1 amide bonds. The first-order valence-corrected chi connectivity index (χ1v) is 8.92. The molecule has 2 atom stereocenters.